The van der Waals surface area contributed by atoms with Crippen LogP contribution in [0.25, 0.3) is 32.9 Å². The number of pyridine rings is 1. The molecule has 1 aliphatic carbocycles. The van der Waals surface area contributed by atoms with E-state index in [4.69, 9.17) is 15.9 Å². The third-order valence-corrected chi connectivity index (χ3v) is 6.17. The highest BCUT2D eigenvalue weighted by molar-refractivity contribution is 6.04. The molecule has 0 saturated heterocycles. The number of aliphatic hydroxyl groups is 1. The van der Waals surface area contributed by atoms with Crippen molar-refractivity contribution in [1.82, 2.24) is 15.0 Å². The summed E-state index contributed by atoms with van der Waals surface area (Å²) in [6, 6.07) is 5.11. The Morgan fingerprint density at radius 3 is 2.54 bits per heavy atom. The molecule has 4 aromatic rings. The number of phenolic OH excluding ortho intramolecular Hbond substituents is 1. The van der Waals surface area contributed by atoms with E-state index in [0.717, 1.165) is 0 Å². The Labute approximate surface area is 211 Å². The van der Waals surface area contributed by atoms with Crippen LogP contribution < -0.4 is 14.8 Å². The number of phenols is 1. The maximum absolute atomic E-state index is 16.3. The molecule has 1 aliphatic rings. The second-order valence-corrected chi connectivity index (χ2v) is 9.15. The summed E-state index contributed by atoms with van der Waals surface area (Å²) in [5.74, 6) is 0.881. The van der Waals surface area contributed by atoms with Crippen molar-refractivity contribution in [2.75, 3.05) is 12.4 Å². The molecular formula is C27H24F2N4O4. The lowest BCUT2D eigenvalue weighted by molar-refractivity contribution is 0.0835. The third kappa shape index (κ3) is 4.32. The third-order valence-electron chi connectivity index (χ3n) is 6.17. The highest BCUT2D eigenvalue weighted by Crippen LogP contribution is 2.42. The number of anilines is 1. The average Bonchev–Trinajstić information content (AvgIpc) is 2.84. The van der Waals surface area contributed by atoms with E-state index in [9.17, 15) is 14.6 Å². The number of nitrogens with one attached hydrogen (secondary N) is 1. The number of aliphatic hydroxyl groups excluding tert-OH is 1. The Morgan fingerprint density at radius 1 is 1.14 bits per heavy atom. The van der Waals surface area contributed by atoms with Gasteiger partial charge in [0.05, 0.1) is 24.9 Å². The number of ether oxygens (including phenoxy) is 2. The van der Waals surface area contributed by atoms with Gasteiger partial charge >= 0.3 is 6.01 Å². The lowest BCUT2D eigenvalue weighted by atomic mass is 9.89. The molecule has 0 bridgehead atoms. The second kappa shape index (κ2) is 9.33. The van der Waals surface area contributed by atoms with E-state index in [1.54, 1.807) is 13.8 Å². The fourth-order valence-electron chi connectivity index (χ4n) is 4.45. The first-order valence-corrected chi connectivity index (χ1v) is 11.7. The van der Waals surface area contributed by atoms with Crippen LogP contribution in [0, 0.1) is 24.0 Å². The van der Waals surface area contributed by atoms with Gasteiger partial charge < -0.3 is 25.0 Å². The molecule has 1 saturated carbocycles. The Kier molecular flexibility index (Phi) is 6.17. The van der Waals surface area contributed by atoms with Crippen molar-refractivity contribution in [3.05, 3.63) is 41.5 Å². The van der Waals surface area contributed by atoms with Crippen LogP contribution in [0.4, 0.5) is 14.6 Å². The first-order chi connectivity index (χ1) is 17.7. The maximum Gasteiger partial charge on any atom is 0.318 e. The number of benzene rings is 2. The number of terminal acetylenes is 1. The number of hydrogen-bond donors (Lipinski definition) is 3. The highest BCUT2D eigenvalue weighted by atomic mass is 19.1. The Balaban J connectivity index is 1.85. The Morgan fingerprint density at radius 2 is 1.89 bits per heavy atom. The first-order valence-electron chi connectivity index (χ1n) is 11.7. The SMILES string of the molecule is C#Cc1c(F)ccc2cc(O)cc(-c3nc(OC(C)C)c4c(NC5CC(O)C5)nc(OC)nc4c3F)c12. The van der Waals surface area contributed by atoms with E-state index in [1.807, 2.05) is 0 Å². The molecular weight excluding hydrogens is 482 g/mol. The molecule has 10 heteroatoms. The standard InChI is InChI=1S/C27H24F2N4O4/c1-5-17-19(28)7-6-13-8-15(34)11-18(20(13)17)23-22(29)24-21(26(31-23)37-12(2)3)25(33-27(32-24)36-4)30-14-9-16(35)10-14/h1,6-8,11-12,14,16,34-35H,9-10H2,2-4H3,(H,30,32,33). The molecule has 1 fully saturated rings. The summed E-state index contributed by atoms with van der Waals surface area (Å²) in [5, 5.41) is 24.1. The molecule has 0 amide bonds. The minimum atomic E-state index is -0.859. The van der Waals surface area contributed by atoms with Crippen molar-refractivity contribution in [2.45, 2.75) is 44.9 Å². The smallest absolute Gasteiger partial charge is 0.318 e. The predicted octanol–water partition coefficient (Wildman–Crippen LogP) is 4.54. The number of aromatic nitrogens is 3. The first kappa shape index (κ1) is 24.5. The molecule has 0 atom stereocenters. The lowest BCUT2D eigenvalue weighted by Crippen LogP contribution is -2.39. The Hall–Kier alpha value is -4.23. The van der Waals surface area contributed by atoms with Gasteiger partial charge in [0.25, 0.3) is 0 Å². The second-order valence-electron chi connectivity index (χ2n) is 9.15. The molecule has 0 aliphatic heterocycles. The summed E-state index contributed by atoms with van der Waals surface area (Å²) in [4.78, 5) is 13.1. The summed E-state index contributed by atoms with van der Waals surface area (Å²) in [5.41, 5.74) is -0.405. The van der Waals surface area contributed by atoms with Gasteiger partial charge in [-0.2, -0.15) is 9.97 Å². The summed E-state index contributed by atoms with van der Waals surface area (Å²) in [7, 11) is 1.36. The van der Waals surface area contributed by atoms with Crippen molar-refractivity contribution < 1.29 is 28.5 Å². The number of fused-ring (bicyclic) bond motifs is 2. The molecule has 2 aromatic carbocycles. The van der Waals surface area contributed by atoms with Crippen molar-refractivity contribution >= 4 is 27.5 Å². The summed E-state index contributed by atoms with van der Waals surface area (Å²) in [6.07, 6.45) is 5.82. The van der Waals surface area contributed by atoms with Crippen molar-refractivity contribution in [3.8, 4) is 41.2 Å². The number of aromatic hydroxyl groups is 1. The van der Waals surface area contributed by atoms with Gasteiger partial charge in [-0.1, -0.05) is 12.0 Å². The van der Waals surface area contributed by atoms with Crippen LogP contribution in [0.5, 0.6) is 17.6 Å². The molecule has 3 N–H and O–H groups in total. The maximum atomic E-state index is 16.3. The molecule has 0 unspecified atom stereocenters. The van der Waals surface area contributed by atoms with E-state index in [-0.39, 0.29) is 68.7 Å². The van der Waals surface area contributed by atoms with Gasteiger partial charge in [0.1, 0.15) is 34.0 Å². The van der Waals surface area contributed by atoms with Gasteiger partial charge in [-0.25, -0.2) is 13.8 Å². The number of halogens is 2. The van der Waals surface area contributed by atoms with Gasteiger partial charge in [0, 0.05) is 17.0 Å². The van der Waals surface area contributed by atoms with Crippen LogP contribution in [-0.4, -0.2) is 50.5 Å². The van der Waals surface area contributed by atoms with E-state index in [2.05, 4.69) is 26.2 Å². The van der Waals surface area contributed by atoms with Crippen LogP contribution in [-0.2, 0) is 0 Å². The number of methoxy groups -OCH3 is 1. The van der Waals surface area contributed by atoms with E-state index >= 15 is 4.39 Å². The minimum Gasteiger partial charge on any atom is -0.508 e. The summed E-state index contributed by atoms with van der Waals surface area (Å²) < 4.78 is 42.2. The van der Waals surface area contributed by atoms with Crippen LogP contribution in [0.2, 0.25) is 0 Å². The predicted molar refractivity (Wildman–Crippen MR) is 135 cm³/mol. The molecule has 0 spiro atoms. The van der Waals surface area contributed by atoms with E-state index < -0.39 is 17.7 Å². The average molecular weight is 507 g/mol. The van der Waals surface area contributed by atoms with Crippen LogP contribution >= 0.6 is 0 Å². The molecule has 190 valence electrons. The molecule has 2 aromatic heterocycles. The molecule has 0 radical (unpaired) electrons. The largest absolute Gasteiger partial charge is 0.508 e. The van der Waals surface area contributed by atoms with E-state index in [0.29, 0.717) is 18.2 Å². The van der Waals surface area contributed by atoms with Crippen molar-refractivity contribution in [1.29, 1.82) is 0 Å². The molecule has 37 heavy (non-hydrogen) atoms. The molecule has 2 heterocycles. The van der Waals surface area contributed by atoms with Gasteiger partial charge in [0.15, 0.2) is 5.82 Å². The minimum absolute atomic E-state index is 0.0292. The van der Waals surface area contributed by atoms with Crippen molar-refractivity contribution in [3.63, 3.8) is 0 Å². The van der Waals surface area contributed by atoms with E-state index in [1.165, 1.54) is 31.4 Å². The quantitative estimate of drug-likeness (QED) is 0.327. The topological polar surface area (TPSA) is 110 Å². The van der Waals surface area contributed by atoms with Gasteiger partial charge in [0.2, 0.25) is 5.88 Å². The number of nitrogens with zero attached hydrogens (tertiary/aromatic N) is 3. The zero-order valence-corrected chi connectivity index (χ0v) is 20.3. The monoisotopic (exact) mass is 506 g/mol. The molecule has 5 rings (SSSR count). The molecule has 8 nitrogen and oxygen atoms in total. The fourth-order valence-corrected chi connectivity index (χ4v) is 4.45. The Bertz CT molecular complexity index is 1580. The normalized spacial score (nSPS) is 17.0. The van der Waals surface area contributed by atoms with Gasteiger partial charge in [-0.05, 0) is 50.3 Å². The lowest BCUT2D eigenvalue weighted by Gasteiger charge is -2.32. The van der Waals surface area contributed by atoms with Crippen LogP contribution in [0.1, 0.15) is 32.3 Å². The summed E-state index contributed by atoms with van der Waals surface area (Å²) in [6.45, 7) is 3.57. The van der Waals surface area contributed by atoms with Gasteiger partial charge in [-0.3, -0.25) is 0 Å². The van der Waals surface area contributed by atoms with Crippen molar-refractivity contribution in [2.24, 2.45) is 0 Å². The summed E-state index contributed by atoms with van der Waals surface area (Å²) >= 11 is 0. The van der Waals surface area contributed by atoms with Crippen LogP contribution in [0.15, 0.2) is 24.3 Å². The fraction of sp³-hybridized carbons (Fsp3) is 0.296. The zero-order chi connectivity index (χ0) is 26.4. The highest BCUT2D eigenvalue weighted by Gasteiger charge is 2.30. The number of hydrogen-bond acceptors (Lipinski definition) is 8. The van der Waals surface area contributed by atoms with Crippen LogP contribution in [0.3, 0.4) is 0 Å². The number of rotatable bonds is 6. The zero-order valence-electron chi connectivity index (χ0n) is 20.3. The van der Waals surface area contributed by atoms with Gasteiger partial charge in [-0.15, -0.1) is 6.42 Å².